The molecule has 0 saturated heterocycles. The van der Waals surface area contributed by atoms with Gasteiger partial charge in [-0.2, -0.15) is 0 Å². The minimum atomic E-state index is -0.856. The molecule has 20 heavy (non-hydrogen) atoms. The second-order valence-electron chi connectivity index (χ2n) is 6.52. The number of aliphatic hydroxyl groups is 1. The van der Waals surface area contributed by atoms with Gasteiger partial charge in [-0.15, -0.1) is 0 Å². The highest BCUT2D eigenvalue weighted by molar-refractivity contribution is 5.76. The van der Waals surface area contributed by atoms with E-state index in [-0.39, 0.29) is 12.3 Å². The zero-order valence-electron chi connectivity index (χ0n) is 13.3. The molecule has 118 valence electrons. The van der Waals surface area contributed by atoms with Crippen LogP contribution in [0.25, 0.3) is 0 Å². The number of rotatable bonds is 6. The maximum atomic E-state index is 11.8. The summed E-state index contributed by atoms with van der Waals surface area (Å²) in [5.74, 6) is -0.923. The number of primary amides is 1. The molecule has 3 atom stereocenters. The molecule has 0 fully saturated rings. The average molecular weight is 288 g/mol. The molecule has 0 bridgehead atoms. The van der Waals surface area contributed by atoms with Gasteiger partial charge in [0, 0.05) is 5.92 Å². The lowest BCUT2D eigenvalue weighted by molar-refractivity contribution is -0.122. The standard InChI is InChI=1S/C14H28N2O4/c1-8(2)11(10(17)7-9(3)12(15)18)16-13(19)20-14(4,5)6/h8-11,17H,7H2,1-6H3,(H2,15,18)(H,16,19)/t9-,10-,11+/m1/s1. The Labute approximate surface area is 121 Å². The van der Waals surface area contributed by atoms with Crippen LogP contribution < -0.4 is 11.1 Å². The molecule has 0 heterocycles. The molecule has 0 aromatic heterocycles. The highest BCUT2D eigenvalue weighted by atomic mass is 16.6. The Kier molecular flexibility index (Phi) is 6.99. The molecule has 2 amide bonds. The Morgan fingerprint density at radius 1 is 1.25 bits per heavy atom. The van der Waals surface area contributed by atoms with Crippen LogP contribution in [0.15, 0.2) is 0 Å². The van der Waals surface area contributed by atoms with E-state index in [9.17, 15) is 14.7 Å². The summed E-state index contributed by atoms with van der Waals surface area (Å²) in [6.45, 7) is 10.7. The third-order valence-electron chi connectivity index (χ3n) is 2.90. The first-order chi connectivity index (χ1) is 8.94. The fourth-order valence-corrected chi connectivity index (χ4v) is 1.78. The minimum absolute atomic E-state index is 0.00223. The van der Waals surface area contributed by atoms with Crippen LogP contribution in [0.5, 0.6) is 0 Å². The number of alkyl carbamates (subject to hydrolysis) is 1. The molecule has 0 aliphatic rings. The molecule has 0 saturated carbocycles. The van der Waals surface area contributed by atoms with E-state index >= 15 is 0 Å². The van der Waals surface area contributed by atoms with E-state index in [1.165, 1.54) is 0 Å². The number of ether oxygens (including phenoxy) is 1. The van der Waals surface area contributed by atoms with Crippen molar-refractivity contribution in [3.05, 3.63) is 0 Å². The minimum Gasteiger partial charge on any atom is -0.444 e. The predicted octanol–water partition coefficient (Wildman–Crippen LogP) is 1.41. The van der Waals surface area contributed by atoms with Crippen molar-refractivity contribution in [1.29, 1.82) is 0 Å². The molecule has 6 nitrogen and oxygen atoms in total. The maximum absolute atomic E-state index is 11.8. The van der Waals surface area contributed by atoms with Gasteiger partial charge < -0.3 is 20.9 Å². The second kappa shape index (κ2) is 7.47. The van der Waals surface area contributed by atoms with Gasteiger partial charge in [-0.3, -0.25) is 4.79 Å². The summed E-state index contributed by atoms with van der Waals surface area (Å²) < 4.78 is 5.17. The lowest BCUT2D eigenvalue weighted by atomic mass is 9.91. The third kappa shape index (κ3) is 7.33. The summed E-state index contributed by atoms with van der Waals surface area (Å²) in [6, 6.07) is -0.494. The number of nitrogens with one attached hydrogen (secondary N) is 1. The average Bonchev–Trinajstić information content (AvgIpc) is 2.22. The van der Waals surface area contributed by atoms with Crippen molar-refractivity contribution in [2.24, 2.45) is 17.6 Å². The van der Waals surface area contributed by atoms with Crippen molar-refractivity contribution in [2.75, 3.05) is 0 Å². The summed E-state index contributed by atoms with van der Waals surface area (Å²) in [4.78, 5) is 22.8. The molecule has 0 spiro atoms. The molecule has 4 N–H and O–H groups in total. The quantitative estimate of drug-likeness (QED) is 0.687. The Balaban J connectivity index is 4.64. The van der Waals surface area contributed by atoms with Gasteiger partial charge in [-0.1, -0.05) is 20.8 Å². The molecule has 0 aliphatic heterocycles. The molecule has 0 radical (unpaired) electrons. The summed E-state index contributed by atoms with van der Waals surface area (Å²) in [5, 5.41) is 12.8. The monoisotopic (exact) mass is 288 g/mol. The van der Waals surface area contributed by atoms with Gasteiger partial charge in [-0.05, 0) is 33.1 Å². The first-order valence-corrected chi connectivity index (χ1v) is 6.91. The van der Waals surface area contributed by atoms with Crippen LogP contribution >= 0.6 is 0 Å². The molecule has 0 rings (SSSR count). The van der Waals surface area contributed by atoms with Gasteiger partial charge in [-0.25, -0.2) is 4.79 Å². The Bertz CT molecular complexity index is 337. The maximum Gasteiger partial charge on any atom is 0.407 e. The van der Waals surface area contributed by atoms with Crippen molar-refractivity contribution >= 4 is 12.0 Å². The zero-order valence-corrected chi connectivity index (χ0v) is 13.3. The topological polar surface area (TPSA) is 102 Å². The number of carbonyl (C=O) groups excluding carboxylic acids is 2. The van der Waals surface area contributed by atoms with E-state index in [4.69, 9.17) is 10.5 Å². The van der Waals surface area contributed by atoms with Gasteiger partial charge in [0.2, 0.25) is 5.91 Å². The molecule has 0 aromatic rings. The largest absolute Gasteiger partial charge is 0.444 e. The summed E-state index contributed by atoms with van der Waals surface area (Å²) in [7, 11) is 0. The summed E-state index contributed by atoms with van der Waals surface area (Å²) >= 11 is 0. The van der Waals surface area contributed by atoms with Crippen molar-refractivity contribution in [2.45, 2.75) is 65.7 Å². The van der Waals surface area contributed by atoms with Gasteiger partial charge in [0.1, 0.15) is 5.60 Å². The van der Waals surface area contributed by atoms with Crippen LogP contribution in [-0.4, -0.2) is 34.9 Å². The van der Waals surface area contributed by atoms with E-state index < -0.39 is 35.7 Å². The Morgan fingerprint density at radius 2 is 1.75 bits per heavy atom. The van der Waals surface area contributed by atoms with Crippen molar-refractivity contribution in [3.63, 3.8) is 0 Å². The fourth-order valence-electron chi connectivity index (χ4n) is 1.78. The first-order valence-electron chi connectivity index (χ1n) is 6.91. The summed E-state index contributed by atoms with van der Waals surface area (Å²) in [5.41, 5.74) is 4.58. The number of amides is 2. The SMILES string of the molecule is CC(C)[C@H](NC(=O)OC(C)(C)C)[C@H](O)C[C@@H](C)C(N)=O. The zero-order chi connectivity index (χ0) is 16.1. The van der Waals surface area contributed by atoms with Crippen molar-refractivity contribution < 1.29 is 19.4 Å². The predicted molar refractivity (Wildman–Crippen MR) is 77.0 cm³/mol. The van der Waals surface area contributed by atoms with Crippen LogP contribution in [0.3, 0.4) is 0 Å². The van der Waals surface area contributed by atoms with Gasteiger partial charge in [0.05, 0.1) is 12.1 Å². The molecular formula is C14H28N2O4. The highest BCUT2D eigenvalue weighted by Gasteiger charge is 2.29. The number of aliphatic hydroxyl groups excluding tert-OH is 1. The van der Waals surface area contributed by atoms with E-state index in [1.807, 2.05) is 13.8 Å². The third-order valence-corrected chi connectivity index (χ3v) is 2.90. The number of carbonyl (C=O) groups is 2. The van der Waals surface area contributed by atoms with Crippen LogP contribution in [0.1, 0.15) is 48.0 Å². The van der Waals surface area contributed by atoms with Gasteiger partial charge in [0.15, 0.2) is 0 Å². The molecule has 6 heteroatoms. The molecular weight excluding hydrogens is 260 g/mol. The van der Waals surface area contributed by atoms with Gasteiger partial charge >= 0.3 is 6.09 Å². The lowest BCUT2D eigenvalue weighted by Crippen LogP contribution is -2.49. The van der Waals surface area contributed by atoms with E-state index in [2.05, 4.69) is 5.32 Å². The first kappa shape index (κ1) is 18.7. The van der Waals surface area contributed by atoms with Crippen molar-refractivity contribution in [3.8, 4) is 0 Å². The highest BCUT2D eigenvalue weighted by Crippen LogP contribution is 2.16. The molecule has 0 aliphatic carbocycles. The van der Waals surface area contributed by atoms with E-state index in [0.29, 0.717) is 0 Å². The van der Waals surface area contributed by atoms with Crippen LogP contribution in [0.4, 0.5) is 4.79 Å². The van der Waals surface area contributed by atoms with Crippen LogP contribution in [0.2, 0.25) is 0 Å². The molecule has 0 unspecified atom stereocenters. The summed E-state index contributed by atoms with van der Waals surface area (Å²) in [6.07, 6.45) is -1.24. The second-order valence-corrected chi connectivity index (χ2v) is 6.52. The lowest BCUT2D eigenvalue weighted by Gasteiger charge is -2.30. The Morgan fingerprint density at radius 3 is 2.10 bits per heavy atom. The van der Waals surface area contributed by atoms with Gasteiger partial charge in [0.25, 0.3) is 0 Å². The normalized spacial score (nSPS) is 16.4. The Hall–Kier alpha value is -1.30. The van der Waals surface area contributed by atoms with Crippen LogP contribution in [-0.2, 0) is 9.53 Å². The number of hydrogen-bond donors (Lipinski definition) is 3. The number of nitrogens with two attached hydrogens (primary N) is 1. The van der Waals surface area contributed by atoms with Crippen LogP contribution in [0, 0.1) is 11.8 Å². The van der Waals surface area contributed by atoms with E-state index in [1.54, 1.807) is 27.7 Å². The van der Waals surface area contributed by atoms with Crippen molar-refractivity contribution in [1.82, 2.24) is 5.32 Å². The fraction of sp³-hybridized carbons (Fsp3) is 0.857. The smallest absolute Gasteiger partial charge is 0.407 e. The number of hydrogen-bond acceptors (Lipinski definition) is 4. The molecule has 0 aromatic carbocycles. The van der Waals surface area contributed by atoms with E-state index in [0.717, 1.165) is 0 Å².